The van der Waals surface area contributed by atoms with Gasteiger partial charge in [0.25, 0.3) is 5.91 Å². The predicted molar refractivity (Wildman–Crippen MR) is 74.8 cm³/mol. The first-order valence-corrected chi connectivity index (χ1v) is 7.08. The summed E-state index contributed by atoms with van der Waals surface area (Å²) in [6.07, 6.45) is -0.515. The molecule has 1 aromatic rings. The molecule has 0 aliphatic carbocycles. The van der Waals surface area contributed by atoms with E-state index in [1.165, 1.54) is 0 Å². The fourth-order valence-corrected chi connectivity index (χ4v) is 2.91. The van der Waals surface area contributed by atoms with Crippen molar-refractivity contribution in [1.29, 1.82) is 0 Å². The van der Waals surface area contributed by atoms with Crippen LogP contribution in [0.25, 0.3) is 0 Å². The first-order chi connectivity index (χ1) is 10.2. The molecule has 2 aliphatic heterocycles. The highest BCUT2D eigenvalue weighted by atomic mass is 16.5. The van der Waals surface area contributed by atoms with Crippen LogP contribution in [-0.2, 0) is 20.9 Å². The highest BCUT2D eigenvalue weighted by molar-refractivity contribution is 5.84. The second kappa shape index (κ2) is 5.83. The molecule has 2 unspecified atom stereocenters. The molecule has 1 aromatic carbocycles. The topological polar surface area (TPSA) is 78.9 Å². The summed E-state index contributed by atoms with van der Waals surface area (Å²) in [6.45, 7) is 2.37. The summed E-state index contributed by atoms with van der Waals surface area (Å²) < 4.78 is 5.48. The van der Waals surface area contributed by atoms with E-state index in [0.29, 0.717) is 19.7 Å². The standard InChI is InChI=1S/C15H18N2O4/c18-14(13-7-16-5-6-21-13)17-8-10-3-1-2-4-11(10)12(9-17)15(19)20/h1-4,12-13,16H,5-9H2,(H,19,20). The molecule has 2 atom stereocenters. The van der Waals surface area contributed by atoms with E-state index in [4.69, 9.17) is 4.74 Å². The second-order valence-electron chi connectivity index (χ2n) is 5.37. The van der Waals surface area contributed by atoms with Gasteiger partial charge in [0.05, 0.1) is 12.5 Å². The molecule has 0 bridgehead atoms. The third kappa shape index (κ3) is 2.77. The molecule has 2 N–H and O–H groups in total. The lowest BCUT2D eigenvalue weighted by Crippen LogP contribution is -2.51. The van der Waals surface area contributed by atoms with Crippen molar-refractivity contribution in [3.05, 3.63) is 35.4 Å². The zero-order valence-corrected chi connectivity index (χ0v) is 11.6. The average Bonchev–Trinajstić information content (AvgIpc) is 2.53. The van der Waals surface area contributed by atoms with Crippen LogP contribution in [-0.4, -0.2) is 54.2 Å². The van der Waals surface area contributed by atoms with Crippen molar-refractivity contribution in [3.63, 3.8) is 0 Å². The summed E-state index contributed by atoms with van der Waals surface area (Å²) >= 11 is 0. The van der Waals surface area contributed by atoms with E-state index in [0.717, 1.165) is 17.7 Å². The van der Waals surface area contributed by atoms with Crippen LogP contribution in [0, 0.1) is 0 Å². The van der Waals surface area contributed by atoms with Crippen LogP contribution >= 0.6 is 0 Å². The summed E-state index contributed by atoms with van der Waals surface area (Å²) in [5.74, 6) is -1.71. The molecule has 0 radical (unpaired) electrons. The van der Waals surface area contributed by atoms with Crippen LogP contribution in [0.3, 0.4) is 0 Å². The molecule has 1 amide bonds. The molecule has 2 aliphatic rings. The number of hydrogen-bond donors (Lipinski definition) is 2. The minimum absolute atomic E-state index is 0.136. The Morgan fingerprint density at radius 1 is 1.33 bits per heavy atom. The molecule has 2 heterocycles. The van der Waals surface area contributed by atoms with Gasteiger partial charge in [-0.15, -0.1) is 0 Å². The monoisotopic (exact) mass is 290 g/mol. The number of aliphatic carboxylic acids is 1. The van der Waals surface area contributed by atoms with Gasteiger partial charge < -0.3 is 20.1 Å². The quantitative estimate of drug-likeness (QED) is 0.812. The molecule has 0 aromatic heterocycles. The summed E-state index contributed by atoms with van der Waals surface area (Å²) in [7, 11) is 0. The summed E-state index contributed by atoms with van der Waals surface area (Å²) in [5, 5.41) is 12.5. The number of carbonyl (C=O) groups excluding carboxylic acids is 1. The maximum Gasteiger partial charge on any atom is 0.312 e. The van der Waals surface area contributed by atoms with Gasteiger partial charge in [0.2, 0.25) is 0 Å². The Morgan fingerprint density at radius 3 is 2.86 bits per heavy atom. The fraction of sp³-hybridized carbons (Fsp3) is 0.467. The predicted octanol–water partition coefficient (Wildman–Crippen LogP) is 0.185. The van der Waals surface area contributed by atoms with E-state index < -0.39 is 18.0 Å². The molecule has 0 saturated carbocycles. The lowest BCUT2D eigenvalue weighted by Gasteiger charge is -2.35. The number of fused-ring (bicyclic) bond motifs is 1. The highest BCUT2D eigenvalue weighted by Gasteiger charge is 2.35. The van der Waals surface area contributed by atoms with Gasteiger partial charge in [0.1, 0.15) is 6.10 Å². The molecule has 6 heteroatoms. The first-order valence-electron chi connectivity index (χ1n) is 7.08. The summed E-state index contributed by atoms with van der Waals surface area (Å²) in [5.41, 5.74) is 1.70. The molecule has 1 saturated heterocycles. The van der Waals surface area contributed by atoms with Crippen LogP contribution in [0.1, 0.15) is 17.0 Å². The number of nitrogens with zero attached hydrogens (tertiary/aromatic N) is 1. The Labute approximate surface area is 122 Å². The Kier molecular flexibility index (Phi) is 3.90. The number of carboxylic acids is 1. The molecular formula is C15H18N2O4. The molecule has 21 heavy (non-hydrogen) atoms. The minimum atomic E-state index is -0.900. The Morgan fingerprint density at radius 2 is 2.14 bits per heavy atom. The maximum atomic E-state index is 12.5. The number of morpholine rings is 1. The van der Waals surface area contributed by atoms with E-state index in [9.17, 15) is 14.7 Å². The van der Waals surface area contributed by atoms with E-state index in [1.54, 1.807) is 4.90 Å². The molecule has 3 rings (SSSR count). The van der Waals surface area contributed by atoms with Crippen molar-refractivity contribution in [1.82, 2.24) is 10.2 Å². The second-order valence-corrected chi connectivity index (χ2v) is 5.37. The van der Waals surface area contributed by atoms with E-state index in [2.05, 4.69) is 5.32 Å². The number of ether oxygens (including phenoxy) is 1. The third-order valence-electron chi connectivity index (χ3n) is 4.01. The van der Waals surface area contributed by atoms with Crippen molar-refractivity contribution >= 4 is 11.9 Å². The minimum Gasteiger partial charge on any atom is -0.481 e. The van der Waals surface area contributed by atoms with Crippen LogP contribution in [0.5, 0.6) is 0 Å². The van der Waals surface area contributed by atoms with E-state index >= 15 is 0 Å². The molecule has 1 fully saturated rings. The summed E-state index contributed by atoms with van der Waals surface area (Å²) in [6, 6.07) is 7.41. The van der Waals surface area contributed by atoms with Gasteiger partial charge in [0.15, 0.2) is 0 Å². The van der Waals surface area contributed by atoms with Crippen molar-refractivity contribution < 1.29 is 19.4 Å². The first kappa shape index (κ1) is 14.0. The van der Waals surface area contributed by atoms with Gasteiger partial charge in [-0.25, -0.2) is 0 Å². The van der Waals surface area contributed by atoms with Gasteiger partial charge in [-0.3, -0.25) is 9.59 Å². The van der Waals surface area contributed by atoms with Gasteiger partial charge in [0, 0.05) is 26.2 Å². The molecular weight excluding hydrogens is 272 g/mol. The number of rotatable bonds is 2. The molecule has 0 spiro atoms. The Hall–Kier alpha value is -1.92. The van der Waals surface area contributed by atoms with Crippen molar-refractivity contribution in [3.8, 4) is 0 Å². The van der Waals surface area contributed by atoms with Gasteiger partial charge in [-0.1, -0.05) is 24.3 Å². The lowest BCUT2D eigenvalue weighted by molar-refractivity contribution is -0.148. The number of nitrogens with one attached hydrogen (secondary N) is 1. The van der Waals surface area contributed by atoms with Crippen molar-refractivity contribution in [2.45, 2.75) is 18.6 Å². The number of carbonyl (C=O) groups is 2. The molecule has 112 valence electrons. The van der Waals surface area contributed by atoms with Crippen LogP contribution in [0.15, 0.2) is 24.3 Å². The Balaban J connectivity index is 1.82. The fourth-order valence-electron chi connectivity index (χ4n) is 2.91. The highest BCUT2D eigenvalue weighted by Crippen LogP contribution is 2.29. The number of benzene rings is 1. The van der Waals surface area contributed by atoms with E-state index in [1.807, 2.05) is 24.3 Å². The SMILES string of the molecule is O=C(O)C1CN(C(=O)C2CNCCO2)Cc2ccccc21. The Bertz CT molecular complexity index is 554. The summed E-state index contributed by atoms with van der Waals surface area (Å²) in [4.78, 5) is 25.6. The van der Waals surface area contributed by atoms with Crippen LogP contribution < -0.4 is 5.32 Å². The van der Waals surface area contributed by atoms with Gasteiger partial charge in [-0.05, 0) is 11.1 Å². The number of hydrogen-bond acceptors (Lipinski definition) is 4. The van der Waals surface area contributed by atoms with Crippen LogP contribution in [0.4, 0.5) is 0 Å². The van der Waals surface area contributed by atoms with Gasteiger partial charge >= 0.3 is 5.97 Å². The van der Waals surface area contributed by atoms with Crippen LogP contribution in [0.2, 0.25) is 0 Å². The third-order valence-corrected chi connectivity index (χ3v) is 4.01. The van der Waals surface area contributed by atoms with Crippen molar-refractivity contribution in [2.24, 2.45) is 0 Å². The number of amides is 1. The number of carboxylic acid groups (broad SMARTS) is 1. The largest absolute Gasteiger partial charge is 0.481 e. The van der Waals surface area contributed by atoms with Gasteiger partial charge in [-0.2, -0.15) is 0 Å². The van der Waals surface area contributed by atoms with E-state index in [-0.39, 0.29) is 12.5 Å². The smallest absolute Gasteiger partial charge is 0.312 e. The zero-order chi connectivity index (χ0) is 14.8. The maximum absolute atomic E-state index is 12.5. The van der Waals surface area contributed by atoms with Crippen molar-refractivity contribution in [2.75, 3.05) is 26.2 Å². The normalized spacial score (nSPS) is 25.2. The lowest BCUT2D eigenvalue weighted by atomic mass is 9.89. The molecule has 6 nitrogen and oxygen atoms in total. The zero-order valence-electron chi connectivity index (χ0n) is 11.6. The average molecular weight is 290 g/mol.